The molecule has 2 saturated carbocycles. The molecule has 0 aromatic heterocycles. The average molecular weight is 747 g/mol. The molecule has 0 bridgehead atoms. The molecule has 5 aliphatic rings. The Bertz CT molecular complexity index is 1730. The molecular formula is C35H47ClN6O8S. The van der Waals surface area contributed by atoms with E-state index < -0.39 is 80.3 Å². The molecule has 14 nitrogen and oxygen atoms in total. The minimum absolute atomic E-state index is 0.0601. The number of benzene rings is 1. The summed E-state index contributed by atoms with van der Waals surface area (Å²) >= 11 is 6.15. The predicted molar refractivity (Wildman–Crippen MR) is 188 cm³/mol. The highest BCUT2D eigenvalue weighted by Gasteiger charge is 2.62. The van der Waals surface area contributed by atoms with E-state index in [1.165, 1.54) is 9.80 Å². The zero-order valence-electron chi connectivity index (χ0n) is 29.2. The molecule has 2 aliphatic carbocycles. The van der Waals surface area contributed by atoms with Gasteiger partial charge in [0.05, 0.1) is 11.8 Å². The van der Waals surface area contributed by atoms with Crippen LogP contribution < -0.4 is 20.7 Å². The fourth-order valence-corrected chi connectivity index (χ4v) is 8.65. The summed E-state index contributed by atoms with van der Waals surface area (Å²) in [6, 6.07) is 2.72. The van der Waals surface area contributed by atoms with Gasteiger partial charge in [-0.1, -0.05) is 42.7 Å². The maximum absolute atomic E-state index is 14.3. The third-order valence-electron chi connectivity index (χ3n) is 10.1. The highest BCUT2D eigenvalue weighted by molar-refractivity contribution is 7.91. The van der Waals surface area contributed by atoms with Crippen molar-refractivity contribution in [1.29, 1.82) is 0 Å². The number of nitrogens with one attached hydrogen (secondary N) is 4. The molecule has 5 atom stereocenters. The molecular weight excluding hydrogens is 700 g/mol. The van der Waals surface area contributed by atoms with Crippen LogP contribution in [0.1, 0.15) is 89.7 Å². The molecule has 0 radical (unpaired) electrons. The smallest absolute Gasteiger partial charge is 0.410 e. The first-order chi connectivity index (χ1) is 24.0. The molecule has 6 rings (SSSR count). The molecule has 3 aliphatic heterocycles. The quantitative estimate of drug-likeness (QED) is 0.331. The van der Waals surface area contributed by atoms with Gasteiger partial charge in [0.15, 0.2) is 0 Å². The van der Waals surface area contributed by atoms with Crippen molar-refractivity contribution in [2.24, 2.45) is 5.92 Å². The van der Waals surface area contributed by atoms with Crippen LogP contribution in [0, 0.1) is 5.92 Å². The third kappa shape index (κ3) is 8.62. The molecule has 3 fully saturated rings. The summed E-state index contributed by atoms with van der Waals surface area (Å²) in [4.78, 5) is 71.3. The number of rotatable bonds is 5. The van der Waals surface area contributed by atoms with Crippen molar-refractivity contribution in [2.45, 2.75) is 126 Å². The first kappa shape index (κ1) is 36.9. The number of carbonyl (C=O) groups is 5. The Kier molecular flexibility index (Phi) is 10.3. The zero-order valence-corrected chi connectivity index (χ0v) is 30.8. The molecule has 6 amide bonds. The summed E-state index contributed by atoms with van der Waals surface area (Å²) in [5.74, 6) is -2.45. The van der Waals surface area contributed by atoms with Crippen LogP contribution in [0.25, 0.3) is 0 Å². The molecule has 1 saturated heterocycles. The predicted octanol–water partition coefficient (Wildman–Crippen LogP) is 3.23. The lowest BCUT2D eigenvalue weighted by Crippen LogP contribution is -2.59. The number of halogens is 1. The van der Waals surface area contributed by atoms with Crippen molar-refractivity contribution in [1.82, 2.24) is 30.5 Å². The van der Waals surface area contributed by atoms with E-state index >= 15 is 0 Å². The highest BCUT2D eigenvalue weighted by Crippen LogP contribution is 2.46. The number of fused-ring (bicyclic) bond motifs is 3. The lowest BCUT2D eigenvalue weighted by molar-refractivity contribution is -0.141. The largest absolute Gasteiger partial charge is 0.444 e. The fraction of sp³-hybridized carbons (Fsp3) is 0.629. The molecule has 1 aromatic rings. The number of hydrogen-bond donors (Lipinski definition) is 4. The standard InChI is InChI=1S/C35H47ClN6O8S/c1-34(2,3)39-32(46)37-27-10-8-6-4-5-7-9-23-17-35(23,31(45)40-51(48,49)26-13-14-26)38-29(43)28-16-25(20-42(28)30(27)44)50-33(47)41-18-21-11-12-24(36)15-22(21)19-41/h7,9,11-12,15,23,25-28H,4-6,8,10,13-14,16-20H2,1-3H3,(H,38,43)(H,40,45)(H2,37,39,46)/b9-7-/t23-,25+,27-,28-,35+/m0/s1. The minimum Gasteiger partial charge on any atom is -0.444 e. The first-order valence-corrected chi connectivity index (χ1v) is 19.6. The Morgan fingerprint density at radius 1 is 1.04 bits per heavy atom. The number of urea groups is 1. The van der Waals surface area contributed by atoms with Crippen LogP contribution in [0.3, 0.4) is 0 Å². The summed E-state index contributed by atoms with van der Waals surface area (Å²) in [6.45, 7) is 5.94. The lowest BCUT2D eigenvalue weighted by atomic mass is 10.0. The summed E-state index contributed by atoms with van der Waals surface area (Å²) in [5.41, 5.74) is -0.257. The number of ether oxygens (including phenoxy) is 1. The van der Waals surface area contributed by atoms with Gasteiger partial charge in [-0.15, -0.1) is 0 Å². The van der Waals surface area contributed by atoms with Gasteiger partial charge in [0.1, 0.15) is 23.7 Å². The number of allylic oxidation sites excluding steroid dienone is 1. The third-order valence-corrected chi connectivity index (χ3v) is 12.1. The summed E-state index contributed by atoms with van der Waals surface area (Å²) in [7, 11) is -3.90. The molecule has 51 heavy (non-hydrogen) atoms. The highest BCUT2D eigenvalue weighted by atomic mass is 35.5. The van der Waals surface area contributed by atoms with E-state index in [0.29, 0.717) is 50.2 Å². The van der Waals surface area contributed by atoms with E-state index in [0.717, 1.165) is 24.0 Å². The Morgan fingerprint density at radius 2 is 1.78 bits per heavy atom. The SMILES string of the molecule is CC(C)(C)NC(=O)N[C@H]1CCCCC/C=C\[C@H]2C[C@@]2(C(=O)NS(=O)(=O)C2CC2)NC(=O)[C@@H]2C[C@@H](OC(=O)N3Cc4ccc(Cl)cc4C3)CN2C1=O. The van der Waals surface area contributed by atoms with E-state index in [1.54, 1.807) is 12.1 Å². The van der Waals surface area contributed by atoms with Crippen LogP contribution >= 0.6 is 11.6 Å². The number of nitrogens with zero attached hydrogens (tertiary/aromatic N) is 2. The van der Waals surface area contributed by atoms with Gasteiger partial charge >= 0.3 is 12.1 Å². The number of carbonyl (C=O) groups excluding carboxylic acids is 5. The van der Waals surface area contributed by atoms with Crippen LogP contribution in [-0.4, -0.2) is 89.1 Å². The van der Waals surface area contributed by atoms with Gasteiger partial charge < -0.3 is 25.6 Å². The van der Waals surface area contributed by atoms with Gasteiger partial charge in [-0.2, -0.15) is 0 Å². The fourth-order valence-electron chi connectivity index (χ4n) is 7.09. The summed E-state index contributed by atoms with van der Waals surface area (Å²) < 4.78 is 33.6. The summed E-state index contributed by atoms with van der Waals surface area (Å²) in [5, 5.41) is 8.36. The van der Waals surface area contributed by atoms with Crippen LogP contribution in [-0.2, 0) is 42.2 Å². The van der Waals surface area contributed by atoms with Crippen molar-refractivity contribution in [2.75, 3.05) is 6.54 Å². The van der Waals surface area contributed by atoms with E-state index in [2.05, 4.69) is 20.7 Å². The number of hydrogen-bond acceptors (Lipinski definition) is 8. The van der Waals surface area contributed by atoms with E-state index in [9.17, 15) is 32.4 Å². The Balaban J connectivity index is 1.25. The minimum atomic E-state index is -3.90. The Labute approximate surface area is 303 Å². The van der Waals surface area contributed by atoms with Crippen molar-refractivity contribution in [3.05, 3.63) is 46.5 Å². The Hall–Kier alpha value is -3.85. The Morgan fingerprint density at radius 3 is 2.51 bits per heavy atom. The van der Waals surface area contributed by atoms with Crippen molar-refractivity contribution in [3.8, 4) is 0 Å². The summed E-state index contributed by atoms with van der Waals surface area (Å²) in [6.07, 6.45) is 6.52. The van der Waals surface area contributed by atoms with Gasteiger partial charge in [0.25, 0.3) is 5.91 Å². The van der Waals surface area contributed by atoms with Crippen LogP contribution in [0.15, 0.2) is 30.4 Å². The second-order valence-electron chi connectivity index (χ2n) is 15.4. The van der Waals surface area contributed by atoms with Gasteiger partial charge in [-0.3, -0.25) is 24.0 Å². The van der Waals surface area contributed by atoms with E-state index in [4.69, 9.17) is 16.3 Å². The van der Waals surface area contributed by atoms with Crippen LogP contribution in [0.2, 0.25) is 5.02 Å². The second-order valence-corrected chi connectivity index (χ2v) is 17.8. The molecule has 278 valence electrons. The molecule has 16 heteroatoms. The maximum Gasteiger partial charge on any atom is 0.410 e. The van der Waals surface area contributed by atoms with E-state index in [1.807, 2.05) is 39.0 Å². The van der Waals surface area contributed by atoms with Gasteiger partial charge in [-0.25, -0.2) is 18.0 Å². The zero-order chi connectivity index (χ0) is 36.7. The average Bonchev–Trinajstić information content (AvgIpc) is 3.93. The van der Waals surface area contributed by atoms with E-state index in [-0.39, 0.29) is 19.4 Å². The van der Waals surface area contributed by atoms with Crippen molar-refractivity contribution < 1.29 is 37.1 Å². The first-order valence-electron chi connectivity index (χ1n) is 17.7. The number of sulfonamides is 1. The van der Waals surface area contributed by atoms with Gasteiger partial charge in [0, 0.05) is 36.0 Å². The molecule has 3 heterocycles. The molecule has 0 unspecified atom stereocenters. The lowest BCUT2D eigenvalue weighted by Gasteiger charge is -2.30. The number of amides is 6. The van der Waals surface area contributed by atoms with Crippen molar-refractivity contribution >= 4 is 51.5 Å². The second kappa shape index (κ2) is 14.3. The normalized spacial score (nSPS) is 28.9. The van der Waals surface area contributed by atoms with Crippen LogP contribution in [0.4, 0.5) is 9.59 Å². The van der Waals surface area contributed by atoms with Gasteiger partial charge in [0.2, 0.25) is 21.8 Å². The molecule has 4 N–H and O–H groups in total. The molecule has 0 spiro atoms. The molecule has 1 aromatic carbocycles. The van der Waals surface area contributed by atoms with Crippen LogP contribution in [0.5, 0.6) is 0 Å². The topological polar surface area (TPSA) is 183 Å². The van der Waals surface area contributed by atoms with Gasteiger partial charge in [-0.05, 0) is 82.6 Å². The maximum atomic E-state index is 14.3. The monoisotopic (exact) mass is 746 g/mol. The van der Waals surface area contributed by atoms with Crippen molar-refractivity contribution in [3.63, 3.8) is 0 Å².